The van der Waals surface area contributed by atoms with Gasteiger partial charge < -0.3 is 14.5 Å². The van der Waals surface area contributed by atoms with E-state index in [1.165, 1.54) is 7.11 Å². The van der Waals surface area contributed by atoms with Crippen molar-refractivity contribution in [2.75, 3.05) is 12.4 Å². The number of anilines is 1. The molecule has 5 nitrogen and oxygen atoms in total. The maximum Gasteiger partial charge on any atom is 0.259 e. The fourth-order valence-electron chi connectivity index (χ4n) is 3.57. The van der Waals surface area contributed by atoms with Gasteiger partial charge in [0.25, 0.3) is 5.91 Å². The maximum absolute atomic E-state index is 12.8. The SMILES string of the molecule is COc1ccc(Br)cc1C(=O)Nc1cccc(-c2nc3c(ccc4ccccc43)o2)c1. The monoisotopic (exact) mass is 472 g/mol. The second-order valence-corrected chi connectivity index (χ2v) is 7.95. The predicted octanol–water partition coefficient (Wildman–Crippen LogP) is 6.67. The van der Waals surface area contributed by atoms with Crippen LogP contribution in [0.25, 0.3) is 33.3 Å². The molecule has 0 aliphatic rings. The summed E-state index contributed by atoms with van der Waals surface area (Å²) < 4.78 is 12.1. The van der Waals surface area contributed by atoms with Crippen molar-refractivity contribution in [3.63, 3.8) is 0 Å². The number of nitrogens with one attached hydrogen (secondary N) is 1. The molecule has 1 N–H and O–H groups in total. The molecule has 5 aromatic rings. The molecule has 0 unspecified atom stereocenters. The third-order valence-corrected chi connectivity index (χ3v) is 5.55. The van der Waals surface area contributed by atoms with Crippen LogP contribution in [-0.2, 0) is 0 Å². The first kappa shape index (κ1) is 19.3. The summed E-state index contributed by atoms with van der Waals surface area (Å²) in [5, 5.41) is 5.08. The molecule has 4 aromatic carbocycles. The molecule has 0 saturated heterocycles. The van der Waals surface area contributed by atoms with E-state index in [-0.39, 0.29) is 5.91 Å². The number of nitrogens with zero attached hydrogens (tertiary/aromatic N) is 1. The molecule has 0 aliphatic carbocycles. The summed E-state index contributed by atoms with van der Waals surface area (Å²) >= 11 is 3.40. The smallest absolute Gasteiger partial charge is 0.259 e. The van der Waals surface area contributed by atoms with E-state index in [0.717, 1.165) is 31.9 Å². The normalized spacial score (nSPS) is 11.0. The molecule has 0 saturated carbocycles. The van der Waals surface area contributed by atoms with Crippen molar-refractivity contribution in [1.29, 1.82) is 0 Å². The Hall–Kier alpha value is -3.64. The molecule has 0 aliphatic heterocycles. The summed E-state index contributed by atoms with van der Waals surface area (Å²) in [6.45, 7) is 0. The van der Waals surface area contributed by atoms with Gasteiger partial charge >= 0.3 is 0 Å². The number of fused-ring (bicyclic) bond motifs is 3. The number of rotatable bonds is 4. The second kappa shape index (κ2) is 7.89. The lowest BCUT2D eigenvalue weighted by Crippen LogP contribution is -2.13. The van der Waals surface area contributed by atoms with E-state index < -0.39 is 0 Å². The number of hydrogen-bond acceptors (Lipinski definition) is 4. The van der Waals surface area contributed by atoms with E-state index in [0.29, 0.717) is 22.9 Å². The fraction of sp³-hybridized carbons (Fsp3) is 0.0400. The van der Waals surface area contributed by atoms with Gasteiger partial charge in [0.2, 0.25) is 5.89 Å². The van der Waals surface area contributed by atoms with Gasteiger partial charge in [-0.15, -0.1) is 0 Å². The number of benzene rings is 4. The fourth-order valence-corrected chi connectivity index (χ4v) is 3.93. The number of halogens is 1. The Labute approximate surface area is 186 Å². The van der Waals surface area contributed by atoms with E-state index in [4.69, 9.17) is 14.1 Å². The van der Waals surface area contributed by atoms with Gasteiger partial charge in [0.15, 0.2) is 5.58 Å². The van der Waals surface area contributed by atoms with Crippen molar-refractivity contribution in [2.45, 2.75) is 0 Å². The van der Waals surface area contributed by atoms with Crippen molar-refractivity contribution in [1.82, 2.24) is 4.98 Å². The molecule has 0 spiro atoms. The highest BCUT2D eigenvalue weighted by Gasteiger charge is 2.15. The predicted molar refractivity (Wildman–Crippen MR) is 126 cm³/mol. The van der Waals surface area contributed by atoms with Gasteiger partial charge in [0.05, 0.1) is 12.7 Å². The highest BCUT2D eigenvalue weighted by atomic mass is 79.9. The number of aromatic nitrogens is 1. The van der Waals surface area contributed by atoms with E-state index in [1.807, 2.05) is 60.7 Å². The molecule has 0 fully saturated rings. The molecule has 0 radical (unpaired) electrons. The van der Waals surface area contributed by atoms with Crippen molar-refractivity contribution in [3.05, 3.63) is 88.9 Å². The van der Waals surface area contributed by atoms with Crippen LogP contribution >= 0.6 is 15.9 Å². The zero-order valence-corrected chi connectivity index (χ0v) is 18.1. The first-order chi connectivity index (χ1) is 15.1. The molecule has 152 valence electrons. The zero-order valence-electron chi connectivity index (χ0n) is 16.6. The van der Waals surface area contributed by atoms with Crippen LogP contribution in [-0.4, -0.2) is 18.0 Å². The van der Waals surface area contributed by atoms with E-state index >= 15 is 0 Å². The van der Waals surface area contributed by atoms with Gasteiger partial charge in [-0.25, -0.2) is 4.98 Å². The average molecular weight is 473 g/mol. The Balaban J connectivity index is 1.49. The minimum Gasteiger partial charge on any atom is -0.496 e. The first-order valence-electron chi connectivity index (χ1n) is 9.66. The van der Waals surface area contributed by atoms with Gasteiger partial charge in [-0.1, -0.05) is 52.3 Å². The van der Waals surface area contributed by atoms with E-state index in [2.05, 4.69) is 27.3 Å². The standard InChI is InChI=1S/C25H17BrN2O3/c1-30-21-12-10-17(26)14-20(21)24(29)27-18-7-4-6-16(13-18)25-28-23-19-8-3-2-5-15(19)9-11-22(23)31-25/h2-14H,1H3,(H,27,29). The number of hydrogen-bond donors (Lipinski definition) is 1. The van der Waals surface area contributed by atoms with Crippen LogP contribution in [0.1, 0.15) is 10.4 Å². The number of amides is 1. The van der Waals surface area contributed by atoms with Gasteiger partial charge in [-0.2, -0.15) is 0 Å². The summed E-state index contributed by atoms with van der Waals surface area (Å²) in [5.41, 5.74) is 3.40. The Morgan fingerprint density at radius 2 is 1.87 bits per heavy atom. The molecule has 1 amide bonds. The number of methoxy groups -OCH3 is 1. The lowest BCUT2D eigenvalue weighted by atomic mass is 10.1. The lowest BCUT2D eigenvalue weighted by molar-refractivity contribution is 0.102. The quantitative estimate of drug-likeness (QED) is 0.317. The molecule has 1 aromatic heterocycles. The van der Waals surface area contributed by atoms with Crippen LogP contribution < -0.4 is 10.1 Å². The first-order valence-corrected chi connectivity index (χ1v) is 10.5. The second-order valence-electron chi connectivity index (χ2n) is 7.03. The van der Waals surface area contributed by atoms with Crippen molar-refractivity contribution >= 4 is 49.4 Å². The Bertz CT molecular complexity index is 1440. The largest absolute Gasteiger partial charge is 0.496 e. The van der Waals surface area contributed by atoms with Crippen molar-refractivity contribution in [2.24, 2.45) is 0 Å². The third kappa shape index (κ3) is 3.66. The molecule has 5 rings (SSSR count). The average Bonchev–Trinajstić information content (AvgIpc) is 3.24. The third-order valence-electron chi connectivity index (χ3n) is 5.06. The summed E-state index contributed by atoms with van der Waals surface area (Å²) in [7, 11) is 1.54. The molecule has 0 atom stereocenters. The van der Waals surface area contributed by atoms with Crippen molar-refractivity contribution < 1.29 is 13.9 Å². The number of oxazole rings is 1. The Morgan fingerprint density at radius 1 is 1.00 bits per heavy atom. The maximum atomic E-state index is 12.8. The van der Waals surface area contributed by atoms with Crippen LogP contribution in [0.15, 0.2) is 87.8 Å². The van der Waals surface area contributed by atoms with Crippen LogP contribution in [0, 0.1) is 0 Å². The van der Waals surface area contributed by atoms with E-state index in [1.54, 1.807) is 12.1 Å². The zero-order chi connectivity index (χ0) is 21.4. The summed E-state index contributed by atoms with van der Waals surface area (Å²) in [6.07, 6.45) is 0. The Kier molecular flexibility index (Phi) is 4.92. The van der Waals surface area contributed by atoms with Crippen LogP contribution in [0.5, 0.6) is 5.75 Å². The van der Waals surface area contributed by atoms with Gasteiger partial charge in [-0.05, 0) is 47.9 Å². The molecular weight excluding hydrogens is 456 g/mol. The summed E-state index contributed by atoms with van der Waals surface area (Å²) in [6, 6.07) is 24.8. The highest BCUT2D eigenvalue weighted by molar-refractivity contribution is 9.10. The van der Waals surface area contributed by atoms with Crippen LogP contribution in [0.4, 0.5) is 5.69 Å². The van der Waals surface area contributed by atoms with Crippen LogP contribution in [0.2, 0.25) is 0 Å². The molecule has 6 heteroatoms. The van der Waals surface area contributed by atoms with Crippen LogP contribution in [0.3, 0.4) is 0 Å². The Morgan fingerprint density at radius 3 is 2.74 bits per heavy atom. The molecule has 31 heavy (non-hydrogen) atoms. The lowest BCUT2D eigenvalue weighted by Gasteiger charge is -2.10. The van der Waals surface area contributed by atoms with Gasteiger partial charge in [0.1, 0.15) is 11.3 Å². The van der Waals surface area contributed by atoms with Gasteiger partial charge in [-0.3, -0.25) is 4.79 Å². The number of ether oxygens (including phenoxy) is 1. The molecule has 0 bridgehead atoms. The number of carbonyl (C=O) groups is 1. The summed E-state index contributed by atoms with van der Waals surface area (Å²) in [5.74, 6) is 0.740. The number of carbonyl (C=O) groups excluding carboxylic acids is 1. The van der Waals surface area contributed by atoms with Gasteiger partial charge in [0, 0.05) is 21.1 Å². The highest BCUT2D eigenvalue weighted by Crippen LogP contribution is 2.31. The minimum atomic E-state index is -0.265. The molecular formula is C25H17BrN2O3. The topological polar surface area (TPSA) is 64.4 Å². The molecule has 1 heterocycles. The van der Waals surface area contributed by atoms with Crippen molar-refractivity contribution in [3.8, 4) is 17.2 Å². The van der Waals surface area contributed by atoms with E-state index in [9.17, 15) is 4.79 Å². The minimum absolute atomic E-state index is 0.265. The summed E-state index contributed by atoms with van der Waals surface area (Å²) in [4.78, 5) is 17.6.